The van der Waals surface area contributed by atoms with Gasteiger partial charge in [-0.05, 0) is 137 Å². The van der Waals surface area contributed by atoms with Crippen LogP contribution in [0.4, 0.5) is 0 Å². The van der Waals surface area contributed by atoms with Crippen molar-refractivity contribution in [2.75, 3.05) is 0 Å². The van der Waals surface area contributed by atoms with Crippen LogP contribution in [-0.4, -0.2) is 4.98 Å². The van der Waals surface area contributed by atoms with Gasteiger partial charge in [-0.15, -0.1) is 0 Å². The van der Waals surface area contributed by atoms with E-state index in [2.05, 4.69) is 77.8 Å². The summed E-state index contributed by atoms with van der Waals surface area (Å²) in [4.78, 5) is 4.01. The van der Waals surface area contributed by atoms with Crippen LogP contribution in [0.3, 0.4) is 0 Å². The molecule has 216 valence electrons. The molecule has 0 aliphatic heterocycles. The smallest absolute Gasteiger partial charge is 0.0998 e. The molecule has 2 nitrogen and oxygen atoms in total. The van der Waals surface area contributed by atoms with Crippen LogP contribution in [0.2, 0.25) is 0 Å². The quantitative estimate of drug-likeness (QED) is 0.221. The van der Waals surface area contributed by atoms with Gasteiger partial charge >= 0.3 is 0 Å². The van der Waals surface area contributed by atoms with Gasteiger partial charge in [-0.2, -0.15) is 5.26 Å². The lowest BCUT2D eigenvalue weighted by atomic mass is 9.48. The third-order valence-electron chi connectivity index (χ3n) is 13.5. The summed E-state index contributed by atoms with van der Waals surface area (Å²) in [6.07, 6.45) is 13.5. The Morgan fingerprint density at radius 2 is 1.25 bits per heavy atom. The maximum atomic E-state index is 11.1. The van der Waals surface area contributed by atoms with Crippen molar-refractivity contribution < 1.29 is 0 Å². The molecule has 6 bridgehead atoms. The summed E-state index contributed by atoms with van der Waals surface area (Å²) >= 11 is 0. The standard InChI is InChI=1S/C42H38N2/c43-22-33-35(26-7-1-2-8-26)41-39(40-37-30-11-5-3-9-28(30)36(38(33)40)29-10-4-6-12-31(29)37)32-18-27(13-14-34(32)44-41)42-19-23-15-24(20-42)17-25(16-23)21-42/h3-6,9-14,18,23-26,36-37,44H,1-2,7-8,15-17,19-21H2. The first kappa shape index (κ1) is 24.5. The number of nitriles is 1. The van der Waals surface area contributed by atoms with Crippen LogP contribution < -0.4 is 0 Å². The summed E-state index contributed by atoms with van der Waals surface area (Å²) in [7, 11) is 0. The number of benzene rings is 4. The number of hydrogen-bond acceptors (Lipinski definition) is 1. The van der Waals surface area contributed by atoms with Crippen LogP contribution in [0.1, 0.15) is 132 Å². The van der Waals surface area contributed by atoms with E-state index in [-0.39, 0.29) is 11.8 Å². The maximum absolute atomic E-state index is 11.1. The van der Waals surface area contributed by atoms with Gasteiger partial charge in [0.15, 0.2) is 0 Å². The van der Waals surface area contributed by atoms with Gasteiger partial charge in [-0.25, -0.2) is 0 Å². The molecule has 13 rings (SSSR count). The van der Waals surface area contributed by atoms with Gasteiger partial charge in [0.2, 0.25) is 0 Å². The summed E-state index contributed by atoms with van der Waals surface area (Å²) in [5.41, 5.74) is 15.2. The molecule has 5 fully saturated rings. The van der Waals surface area contributed by atoms with Crippen molar-refractivity contribution in [3.05, 3.63) is 117 Å². The highest BCUT2D eigenvalue weighted by Gasteiger charge is 2.52. The Balaban J connectivity index is 1.25. The molecule has 1 aromatic heterocycles. The van der Waals surface area contributed by atoms with E-state index < -0.39 is 0 Å². The number of H-pyrrole nitrogens is 1. The first-order valence-corrected chi connectivity index (χ1v) is 17.4. The van der Waals surface area contributed by atoms with Gasteiger partial charge in [-0.1, -0.05) is 67.4 Å². The molecule has 1 N–H and O–H groups in total. The molecule has 8 aliphatic carbocycles. The van der Waals surface area contributed by atoms with Crippen molar-refractivity contribution in [3.8, 4) is 6.07 Å². The Morgan fingerprint density at radius 3 is 1.82 bits per heavy atom. The summed E-state index contributed by atoms with van der Waals surface area (Å²) in [5.74, 6) is 3.55. The lowest BCUT2D eigenvalue weighted by molar-refractivity contribution is -0.00512. The highest BCUT2D eigenvalue weighted by atomic mass is 14.7. The molecule has 5 aromatic rings. The molecule has 0 amide bonds. The molecule has 1 heterocycles. The zero-order valence-corrected chi connectivity index (χ0v) is 25.3. The predicted molar refractivity (Wildman–Crippen MR) is 176 cm³/mol. The predicted octanol–water partition coefficient (Wildman–Crippen LogP) is 10.3. The average Bonchev–Trinajstić information content (AvgIpc) is 3.71. The number of fused-ring (bicyclic) bond motifs is 3. The minimum atomic E-state index is 0.123. The second-order valence-electron chi connectivity index (χ2n) is 15.7. The normalized spacial score (nSPS) is 30.9. The van der Waals surface area contributed by atoms with Crippen molar-refractivity contribution in [1.29, 1.82) is 5.26 Å². The van der Waals surface area contributed by atoms with Crippen LogP contribution in [0, 0.1) is 29.1 Å². The van der Waals surface area contributed by atoms with E-state index >= 15 is 0 Å². The fourth-order valence-corrected chi connectivity index (χ4v) is 12.4. The topological polar surface area (TPSA) is 39.6 Å². The van der Waals surface area contributed by atoms with Crippen molar-refractivity contribution in [2.24, 2.45) is 17.8 Å². The fourth-order valence-electron chi connectivity index (χ4n) is 12.4. The summed E-state index contributed by atoms with van der Waals surface area (Å²) < 4.78 is 0. The Morgan fingerprint density at radius 1 is 0.682 bits per heavy atom. The van der Waals surface area contributed by atoms with Gasteiger partial charge in [-0.3, -0.25) is 0 Å². The van der Waals surface area contributed by atoms with E-state index in [4.69, 9.17) is 0 Å². The van der Waals surface area contributed by atoms with E-state index in [0.717, 1.165) is 23.3 Å². The van der Waals surface area contributed by atoms with Gasteiger partial charge < -0.3 is 4.98 Å². The third-order valence-corrected chi connectivity index (χ3v) is 13.5. The van der Waals surface area contributed by atoms with Crippen molar-refractivity contribution in [2.45, 2.75) is 87.4 Å². The van der Waals surface area contributed by atoms with Gasteiger partial charge in [0.1, 0.15) is 0 Å². The molecule has 0 saturated heterocycles. The second-order valence-corrected chi connectivity index (χ2v) is 15.7. The SMILES string of the molecule is N#Cc1c2c(c3c([nH]c4ccc(C56CC7CC(CC(C7)C5)C6)cc43)c1C1CCCC1)C1c3ccccc3C2c2ccccc21. The summed E-state index contributed by atoms with van der Waals surface area (Å²) in [6, 6.07) is 28.7. The first-order chi connectivity index (χ1) is 21.7. The minimum absolute atomic E-state index is 0.123. The number of rotatable bonds is 2. The van der Waals surface area contributed by atoms with Crippen LogP contribution in [-0.2, 0) is 5.41 Å². The Bertz CT molecular complexity index is 2010. The van der Waals surface area contributed by atoms with Crippen LogP contribution in [0.5, 0.6) is 0 Å². The monoisotopic (exact) mass is 570 g/mol. The Kier molecular flexibility index (Phi) is 4.70. The minimum Gasteiger partial charge on any atom is -0.354 e. The highest BCUT2D eigenvalue weighted by molar-refractivity contribution is 6.13. The van der Waals surface area contributed by atoms with Gasteiger partial charge in [0.05, 0.1) is 17.1 Å². The molecule has 0 unspecified atom stereocenters. The number of nitrogens with zero attached hydrogens (tertiary/aromatic N) is 1. The Labute approximate surface area is 259 Å². The largest absolute Gasteiger partial charge is 0.354 e. The van der Waals surface area contributed by atoms with Gasteiger partial charge in [0, 0.05) is 28.1 Å². The third kappa shape index (κ3) is 2.97. The lowest BCUT2D eigenvalue weighted by Gasteiger charge is -2.57. The molecular weight excluding hydrogens is 532 g/mol. The summed E-state index contributed by atoms with van der Waals surface area (Å²) in [6.45, 7) is 0. The van der Waals surface area contributed by atoms with Crippen molar-refractivity contribution >= 4 is 21.8 Å². The molecular formula is C42H38N2. The number of aromatic amines is 1. The zero-order chi connectivity index (χ0) is 28.7. The molecule has 44 heavy (non-hydrogen) atoms. The molecule has 0 atom stereocenters. The molecule has 0 spiro atoms. The van der Waals surface area contributed by atoms with Crippen LogP contribution in [0.25, 0.3) is 21.8 Å². The van der Waals surface area contributed by atoms with E-state index in [1.54, 1.807) is 5.56 Å². The number of aromatic nitrogens is 1. The van der Waals surface area contributed by atoms with Crippen molar-refractivity contribution in [1.82, 2.24) is 4.98 Å². The molecule has 8 aliphatic rings. The highest BCUT2D eigenvalue weighted by Crippen LogP contribution is 2.63. The van der Waals surface area contributed by atoms with E-state index in [1.165, 1.54) is 125 Å². The summed E-state index contributed by atoms with van der Waals surface area (Å²) in [5, 5.41) is 13.9. The maximum Gasteiger partial charge on any atom is 0.0998 e. The number of hydrogen-bond donors (Lipinski definition) is 1. The van der Waals surface area contributed by atoms with E-state index in [9.17, 15) is 5.26 Å². The Hall–Kier alpha value is -3.83. The molecule has 0 radical (unpaired) electrons. The zero-order valence-electron chi connectivity index (χ0n) is 25.3. The fraction of sp³-hybridized carbons (Fsp3) is 0.405. The molecule has 2 heteroatoms. The second kappa shape index (κ2) is 8.45. The van der Waals surface area contributed by atoms with Crippen LogP contribution >= 0.6 is 0 Å². The number of nitrogens with one attached hydrogen (secondary N) is 1. The lowest BCUT2D eigenvalue weighted by Crippen LogP contribution is -2.48. The van der Waals surface area contributed by atoms with E-state index in [0.29, 0.717) is 11.3 Å². The molecule has 5 saturated carbocycles. The van der Waals surface area contributed by atoms with Crippen molar-refractivity contribution in [3.63, 3.8) is 0 Å². The average molecular weight is 571 g/mol. The van der Waals surface area contributed by atoms with E-state index in [1.807, 2.05) is 0 Å². The first-order valence-electron chi connectivity index (χ1n) is 17.4. The van der Waals surface area contributed by atoms with Gasteiger partial charge in [0.25, 0.3) is 0 Å². The molecule has 4 aromatic carbocycles. The van der Waals surface area contributed by atoms with Crippen LogP contribution in [0.15, 0.2) is 66.7 Å².